The third-order valence-electron chi connectivity index (χ3n) is 11.0. The summed E-state index contributed by atoms with van der Waals surface area (Å²) in [7, 11) is 0. The van der Waals surface area contributed by atoms with Crippen LogP contribution in [0.4, 0.5) is 17.1 Å². The van der Waals surface area contributed by atoms with E-state index in [1.165, 1.54) is 91.2 Å². The van der Waals surface area contributed by atoms with Gasteiger partial charge in [-0.25, -0.2) is 0 Å². The topological polar surface area (TPSA) is 3.24 Å². The average Bonchev–Trinajstić information content (AvgIpc) is 3.61. The van der Waals surface area contributed by atoms with Crippen LogP contribution < -0.4 is 4.90 Å². The van der Waals surface area contributed by atoms with Gasteiger partial charge in [-0.1, -0.05) is 146 Å². The Morgan fingerprint density at radius 3 is 1.61 bits per heavy atom. The molecule has 0 aliphatic carbocycles. The summed E-state index contributed by atoms with van der Waals surface area (Å²) < 4.78 is 2.59. The first-order chi connectivity index (χ1) is 26.8. The van der Waals surface area contributed by atoms with Crippen LogP contribution in [0.2, 0.25) is 0 Å². The Morgan fingerprint density at radius 1 is 0.315 bits per heavy atom. The van der Waals surface area contributed by atoms with Crippen molar-refractivity contribution in [3.8, 4) is 22.3 Å². The number of fused-ring (bicyclic) bond motifs is 8. The van der Waals surface area contributed by atoms with Crippen LogP contribution in [0.15, 0.2) is 200 Å². The summed E-state index contributed by atoms with van der Waals surface area (Å²) in [6, 6.07) is 73.5. The van der Waals surface area contributed by atoms with Gasteiger partial charge in [0.2, 0.25) is 0 Å². The van der Waals surface area contributed by atoms with Gasteiger partial charge in [0.25, 0.3) is 0 Å². The van der Waals surface area contributed by atoms with Crippen LogP contribution in [0, 0.1) is 0 Å². The molecule has 1 aromatic heterocycles. The van der Waals surface area contributed by atoms with E-state index in [0.29, 0.717) is 0 Å². The zero-order valence-electron chi connectivity index (χ0n) is 29.4. The smallest absolute Gasteiger partial charge is 0.0554 e. The van der Waals surface area contributed by atoms with Gasteiger partial charge < -0.3 is 4.90 Å². The molecule has 0 saturated heterocycles. The maximum absolute atomic E-state index is 2.44. The molecule has 252 valence electrons. The molecule has 0 aliphatic rings. The summed E-state index contributed by atoms with van der Waals surface area (Å²) in [5.41, 5.74) is 8.33. The van der Waals surface area contributed by atoms with E-state index in [-0.39, 0.29) is 0 Å². The van der Waals surface area contributed by atoms with Gasteiger partial charge in [-0.3, -0.25) is 0 Å². The minimum Gasteiger partial charge on any atom is -0.310 e. The van der Waals surface area contributed by atoms with E-state index in [1.54, 1.807) is 0 Å². The number of nitrogens with zero attached hydrogens (tertiary/aromatic N) is 1. The highest BCUT2D eigenvalue weighted by Crippen LogP contribution is 2.46. The molecule has 0 fully saturated rings. The number of rotatable bonds is 5. The first-order valence-corrected chi connectivity index (χ1v) is 19.3. The van der Waals surface area contributed by atoms with E-state index >= 15 is 0 Å². The van der Waals surface area contributed by atoms with E-state index < -0.39 is 0 Å². The van der Waals surface area contributed by atoms with Gasteiger partial charge in [-0.05, 0) is 120 Å². The van der Waals surface area contributed by atoms with Crippen molar-refractivity contribution in [2.45, 2.75) is 0 Å². The predicted molar refractivity (Wildman–Crippen MR) is 235 cm³/mol. The van der Waals surface area contributed by atoms with E-state index in [1.807, 2.05) is 11.3 Å². The lowest BCUT2D eigenvalue weighted by atomic mass is 9.93. The highest BCUT2D eigenvalue weighted by Gasteiger charge is 2.20. The average molecular weight is 704 g/mol. The van der Waals surface area contributed by atoms with Gasteiger partial charge in [0, 0.05) is 31.5 Å². The third-order valence-corrected chi connectivity index (χ3v) is 12.1. The minimum absolute atomic E-state index is 1.12. The SMILES string of the molecule is c1ccc2cc3c(cc2c1)sc1cccc(N(c2ccc(-c4cccc5ccccc45)cc2)c2ccc(-c4cc5ccccc5c5ccccc45)cc2)c13. The van der Waals surface area contributed by atoms with Crippen molar-refractivity contribution < 1.29 is 0 Å². The predicted octanol–water partition coefficient (Wildman–Crippen LogP) is 15.5. The summed E-state index contributed by atoms with van der Waals surface area (Å²) in [6.45, 7) is 0. The van der Waals surface area contributed by atoms with Crippen LogP contribution in [0.1, 0.15) is 0 Å². The summed E-state index contributed by atoms with van der Waals surface area (Å²) in [6.07, 6.45) is 0. The first-order valence-electron chi connectivity index (χ1n) is 18.5. The lowest BCUT2D eigenvalue weighted by Gasteiger charge is -2.27. The van der Waals surface area contributed by atoms with Crippen molar-refractivity contribution in [3.05, 3.63) is 200 Å². The largest absolute Gasteiger partial charge is 0.310 e. The van der Waals surface area contributed by atoms with E-state index in [0.717, 1.165) is 11.4 Å². The summed E-state index contributed by atoms with van der Waals surface area (Å²) in [5, 5.41) is 12.7. The van der Waals surface area contributed by atoms with Gasteiger partial charge in [0.15, 0.2) is 0 Å². The number of thiophene rings is 1. The van der Waals surface area contributed by atoms with Crippen LogP contribution in [0.3, 0.4) is 0 Å². The highest BCUT2D eigenvalue weighted by molar-refractivity contribution is 7.26. The molecular formula is C52H33NS. The standard InChI is InChI=1S/C52H33NS/c1-2-13-38-33-51-48(31-37(38)12-1)52-49(21-10-22-50(52)54-51)53(40-27-23-35(24-28-40)43-20-9-15-34-11-3-5-16-42(34)43)41-29-25-36(26-30-41)47-32-39-14-4-6-17-44(39)45-18-7-8-19-46(45)47/h1-33H. The monoisotopic (exact) mass is 703 g/mol. The van der Waals surface area contributed by atoms with Crippen molar-refractivity contribution in [1.29, 1.82) is 0 Å². The summed E-state index contributed by atoms with van der Waals surface area (Å²) in [5.74, 6) is 0. The van der Waals surface area contributed by atoms with Crippen LogP contribution in [0.25, 0.3) is 85.5 Å². The molecule has 10 aromatic carbocycles. The molecule has 0 N–H and O–H groups in total. The van der Waals surface area contributed by atoms with Gasteiger partial charge >= 0.3 is 0 Å². The summed E-state index contributed by atoms with van der Waals surface area (Å²) in [4.78, 5) is 2.44. The Kier molecular flexibility index (Phi) is 7.11. The Hall–Kier alpha value is -6.74. The van der Waals surface area contributed by atoms with Crippen LogP contribution >= 0.6 is 11.3 Å². The Balaban J connectivity index is 1.10. The zero-order chi connectivity index (χ0) is 35.6. The van der Waals surface area contributed by atoms with Crippen molar-refractivity contribution in [2.75, 3.05) is 4.90 Å². The number of benzene rings is 10. The fourth-order valence-corrected chi connectivity index (χ4v) is 9.61. The van der Waals surface area contributed by atoms with E-state index in [2.05, 4.69) is 205 Å². The molecular weight excluding hydrogens is 671 g/mol. The molecule has 0 bridgehead atoms. The maximum Gasteiger partial charge on any atom is 0.0554 e. The second kappa shape index (κ2) is 12.4. The molecule has 54 heavy (non-hydrogen) atoms. The molecule has 11 rings (SSSR count). The lowest BCUT2D eigenvalue weighted by Crippen LogP contribution is -2.10. The molecule has 0 aliphatic heterocycles. The minimum atomic E-state index is 1.12. The first kappa shape index (κ1) is 30.8. The second-order valence-corrected chi connectivity index (χ2v) is 15.2. The highest BCUT2D eigenvalue weighted by atomic mass is 32.1. The molecule has 0 unspecified atom stereocenters. The number of hydrogen-bond donors (Lipinski definition) is 0. The number of hydrogen-bond acceptors (Lipinski definition) is 2. The van der Waals surface area contributed by atoms with Crippen molar-refractivity contribution in [2.24, 2.45) is 0 Å². The zero-order valence-corrected chi connectivity index (χ0v) is 30.2. The second-order valence-electron chi connectivity index (χ2n) is 14.1. The Labute approximate surface area is 317 Å². The fourth-order valence-electron chi connectivity index (χ4n) is 8.46. The van der Waals surface area contributed by atoms with Gasteiger partial charge in [0.05, 0.1) is 5.69 Å². The van der Waals surface area contributed by atoms with Crippen LogP contribution in [-0.4, -0.2) is 0 Å². The van der Waals surface area contributed by atoms with Crippen LogP contribution in [-0.2, 0) is 0 Å². The molecule has 0 saturated carbocycles. The van der Waals surface area contributed by atoms with Gasteiger partial charge in [0.1, 0.15) is 0 Å². The quantitative estimate of drug-likeness (QED) is 0.161. The number of anilines is 3. The van der Waals surface area contributed by atoms with E-state index in [9.17, 15) is 0 Å². The molecule has 1 nitrogen and oxygen atoms in total. The summed E-state index contributed by atoms with van der Waals surface area (Å²) >= 11 is 1.87. The molecule has 0 radical (unpaired) electrons. The van der Waals surface area contributed by atoms with E-state index in [4.69, 9.17) is 0 Å². The Bertz CT molecular complexity index is 3200. The molecule has 0 atom stereocenters. The lowest BCUT2D eigenvalue weighted by molar-refractivity contribution is 1.30. The third kappa shape index (κ3) is 4.99. The van der Waals surface area contributed by atoms with Crippen molar-refractivity contribution in [3.63, 3.8) is 0 Å². The van der Waals surface area contributed by atoms with Crippen molar-refractivity contribution in [1.82, 2.24) is 0 Å². The Morgan fingerprint density at radius 2 is 0.870 bits per heavy atom. The van der Waals surface area contributed by atoms with Crippen LogP contribution in [0.5, 0.6) is 0 Å². The molecule has 0 spiro atoms. The molecule has 2 heteroatoms. The normalized spacial score (nSPS) is 11.7. The maximum atomic E-state index is 2.44. The molecule has 11 aromatic rings. The van der Waals surface area contributed by atoms with Gasteiger partial charge in [-0.15, -0.1) is 11.3 Å². The van der Waals surface area contributed by atoms with Crippen molar-refractivity contribution >= 4 is 91.7 Å². The van der Waals surface area contributed by atoms with Gasteiger partial charge in [-0.2, -0.15) is 0 Å². The molecule has 0 amide bonds. The molecule has 1 heterocycles. The fraction of sp³-hybridized carbons (Fsp3) is 0.